The van der Waals surface area contributed by atoms with Gasteiger partial charge in [0.25, 0.3) is 0 Å². The van der Waals surface area contributed by atoms with Gasteiger partial charge in [-0.3, -0.25) is 0 Å². The van der Waals surface area contributed by atoms with E-state index >= 15 is 0 Å². The van der Waals surface area contributed by atoms with Crippen LogP contribution in [0.3, 0.4) is 0 Å². The number of nitrogens with one attached hydrogen (secondary N) is 1. The summed E-state index contributed by atoms with van der Waals surface area (Å²) in [6.45, 7) is 4.86. The molecule has 0 radical (unpaired) electrons. The molecule has 2 aromatic rings. The number of nitrogens with two attached hydrogens (primary N) is 1. The molecule has 1 aromatic heterocycles. The Bertz CT molecular complexity index is 441. The minimum absolute atomic E-state index is 0.607. The highest BCUT2D eigenvalue weighted by molar-refractivity contribution is 5.86. The first-order valence-electron chi connectivity index (χ1n) is 4.50. The molecule has 0 aliphatic heterocycles. The smallest absolute Gasteiger partial charge is 0.0489 e. The second-order valence-corrected chi connectivity index (χ2v) is 3.45. The molecule has 0 saturated carbocycles. The van der Waals surface area contributed by atoms with Gasteiger partial charge < -0.3 is 10.7 Å². The number of H-pyrrole nitrogens is 1. The van der Waals surface area contributed by atoms with Crippen LogP contribution < -0.4 is 5.73 Å². The highest BCUT2D eigenvalue weighted by atomic mass is 14.7. The number of hydrogen-bond donors (Lipinski definition) is 2. The Labute approximate surface area is 77.8 Å². The van der Waals surface area contributed by atoms with Gasteiger partial charge in [-0.2, -0.15) is 0 Å². The van der Waals surface area contributed by atoms with Gasteiger partial charge in [0.15, 0.2) is 0 Å². The van der Waals surface area contributed by atoms with E-state index in [0.29, 0.717) is 6.54 Å². The average molecular weight is 174 g/mol. The van der Waals surface area contributed by atoms with Crippen LogP contribution in [0.2, 0.25) is 0 Å². The van der Waals surface area contributed by atoms with Crippen molar-refractivity contribution in [2.75, 3.05) is 0 Å². The summed E-state index contributed by atoms with van der Waals surface area (Å²) in [4.78, 5) is 3.25. The highest BCUT2D eigenvalue weighted by Crippen LogP contribution is 2.23. The fourth-order valence-corrected chi connectivity index (χ4v) is 1.76. The SMILES string of the molecule is Cc1cc(CN)c2cc[nH]c2c1C. The Balaban J connectivity index is 2.87. The molecular formula is C11H14N2. The van der Waals surface area contributed by atoms with E-state index in [9.17, 15) is 0 Å². The van der Waals surface area contributed by atoms with Crippen molar-refractivity contribution in [2.45, 2.75) is 20.4 Å². The number of benzene rings is 1. The van der Waals surface area contributed by atoms with Crippen molar-refractivity contribution in [3.63, 3.8) is 0 Å². The summed E-state index contributed by atoms with van der Waals surface area (Å²) in [7, 11) is 0. The van der Waals surface area contributed by atoms with Gasteiger partial charge >= 0.3 is 0 Å². The van der Waals surface area contributed by atoms with E-state index in [1.807, 2.05) is 6.20 Å². The molecular weight excluding hydrogens is 160 g/mol. The van der Waals surface area contributed by atoms with Crippen LogP contribution in [0.15, 0.2) is 18.3 Å². The molecule has 0 aliphatic carbocycles. The van der Waals surface area contributed by atoms with E-state index in [-0.39, 0.29) is 0 Å². The second-order valence-electron chi connectivity index (χ2n) is 3.45. The van der Waals surface area contributed by atoms with E-state index < -0.39 is 0 Å². The summed E-state index contributed by atoms with van der Waals surface area (Å²) < 4.78 is 0. The molecule has 2 nitrogen and oxygen atoms in total. The molecule has 0 saturated heterocycles. The minimum Gasteiger partial charge on any atom is -0.361 e. The normalized spacial score (nSPS) is 11.0. The lowest BCUT2D eigenvalue weighted by molar-refractivity contribution is 1.08. The first kappa shape index (κ1) is 8.32. The van der Waals surface area contributed by atoms with Crippen LogP contribution in [-0.4, -0.2) is 4.98 Å². The van der Waals surface area contributed by atoms with Gasteiger partial charge in [0, 0.05) is 23.6 Å². The third kappa shape index (κ3) is 1.14. The van der Waals surface area contributed by atoms with Gasteiger partial charge in [0.1, 0.15) is 0 Å². The van der Waals surface area contributed by atoms with E-state index in [2.05, 4.69) is 31.0 Å². The zero-order valence-corrected chi connectivity index (χ0v) is 8.02. The van der Waals surface area contributed by atoms with Gasteiger partial charge in [-0.15, -0.1) is 0 Å². The number of aromatic amines is 1. The molecule has 0 atom stereocenters. The zero-order valence-electron chi connectivity index (χ0n) is 8.02. The summed E-state index contributed by atoms with van der Waals surface area (Å²) in [6, 6.07) is 4.26. The molecule has 0 aliphatic rings. The van der Waals surface area contributed by atoms with Crippen molar-refractivity contribution in [1.82, 2.24) is 4.98 Å². The molecule has 68 valence electrons. The maximum Gasteiger partial charge on any atom is 0.0489 e. The fourth-order valence-electron chi connectivity index (χ4n) is 1.76. The molecule has 0 unspecified atom stereocenters. The lowest BCUT2D eigenvalue weighted by atomic mass is 10.0. The molecule has 1 aromatic carbocycles. The molecule has 0 spiro atoms. The van der Waals surface area contributed by atoms with Crippen LogP contribution >= 0.6 is 0 Å². The molecule has 0 fully saturated rings. The van der Waals surface area contributed by atoms with Crippen molar-refractivity contribution < 1.29 is 0 Å². The third-order valence-corrected chi connectivity index (χ3v) is 2.67. The summed E-state index contributed by atoms with van der Waals surface area (Å²) in [6.07, 6.45) is 1.97. The molecule has 2 rings (SSSR count). The fraction of sp³-hybridized carbons (Fsp3) is 0.273. The van der Waals surface area contributed by atoms with Gasteiger partial charge in [-0.1, -0.05) is 6.07 Å². The Kier molecular flexibility index (Phi) is 1.85. The number of rotatable bonds is 1. The summed E-state index contributed by atoms with van der Waals surface area (Å²) in [5.41, 5.74) is 10.7. The minimum atomic E-state index is 0.607. The van der Waals surface area contributed by atoms with Gasteiger partial charge in [0.05, 0.1) is 0 Å². The number of fused-ring (bicyclic) bond motifs is 1. The molecule has 3 N–H and O–H groups in total. The first-order valence-corrected chi connectivity index (χ1v) is 4.50. The van der Waals surface area contributed by atoms with E-state index in [1.165, 1.54) is 27.6 Å². The van der Waals surface area contributed by atoms with Crippen LogP contribution in [0.4, 0.5) is 0 Å². The Morgan fingerprint density at radius 2 is 2.15 bits per heavy atom. The molecule has 0 amide bonds. The van der Waals surface area contributed by atoms with E-state index in [4.69, 9.17) is 5.73 Å². The van der Waals surface area contributed by atoms with Gasteiger partial charge in [0.2, 0.25) is 0 Å². The summed E-state index contributed by atoms with van der Waals surface area (Å²) in [5, 5.41) is 1.26. The van der Waals surface area contributed by atoms with Gasteiger partial charge in [-0.25, -0.2) is 0 Å². The lowest BCUT2D eigenvalue weighted by Crippen LogP contribution is -1.98. The Morgan fingerprint density at radius 3 is 2.85 bits per heavy atom. The Hall–Kier alpha value is -1.28. The number of hydrogen-bond acceptors (Lipinski definition) is 1. The predicted octanol–water partition coefficient (Wildman–Crippen LogP) is 2.24. The molecule has 13 heavy (non-hydrogen) atoms. The first-order chi connectivity index (χ1) is 6.24. The largest absolute Gasteiger partial charge is 0.361 e. The van der Waals surface area contributed by atoms with Crippen LogP contribution in [0.25, 0.3) is 10.9 Å². The number of aryl methyl sites for hydroxylation is 2. The molecule has 1 heterocycles. The molecule has 2 heteroatoms. The van der Waals surface area contributed by atoms with E-state index in [0.717, 1.165) is 0 Å². The highest BCUT2D eigenvalue weighted by Gasteiger charge is 2.05. The Morgan fingerprint density at radius 1 is 1.38 bits per heavy atom. The number of aromatic nitrogens is 1. The van der Waals surface area contributed by atoms with Crippen LogP contribution in [-0.2, 0) is 6.54 Å². The van der Waals surface area contributed by atoms with Gasteiger partial charge in [-0.05, 0) is 36.6 Å². The van der Waals surface area contributed by atoms with Crippen molar-refractivity contribution in [1.29, 1.82) is 0 Å². The quantitative estimate of drug-likeness (QED) is 0.684. The van der Waals surface area contributed by atoms with Crippen LogP contribution in [0.5, 0.6) is 0 Å². The van der Waals surface area contributed by atoms with E-state index in [1.54, 1.807) is 0 Å². The summed E-state index contributed by atoms with van der Waals surface area (Å²) in [5.74, 6) is 0. The van der Waals surface area contributed by atoms with Crippen molar-refractivity contribution >= 4 is 10.9 Å². The average Bonchev–Trinajstić information content (AvgIpc) is 2.60. The monoisotopic (exact) mass is 174 g/mol. The molecule has 0 bridgehead atoms. The van der Waals surface area contributed by atoms with Crippen molar-refractivity contribution in [3.05, 3.63) is 35.0 Å². The predicted molar refractivity (Wildman–Crippen MR) is 55.7 cm³/mol. The standard InChI is InChI=1S/C11H14N2/c1-7-5-9(6-12)10-3-4-13-11(10)8(7)2/h3-5,13H,6,12H2,1-2H3. The van der Waals surface area contributed by atoms with Crippen LogP contribution in [0.1, 0.15) is 16.7 Å². The maximum atomic E-state index is 5.68. The lowest BCUT2D eigenvalue weighted by Gasteiger charge is -2.06. The summed E-state index contributed by atoms with van der Waals surface area (Å²) >= 11 is 0. The van der Waals surface area contributed by atoms with Crippen molar-refractivity contribution in [3.8, 4) is 0 Å². The van der Waals surface area contributed by atoms with Crippen molar-refractivity contribution in [2.24, 2.45) is 5.73 Å². The van der Waals surface area contributed by atoms with Crippen LogP contribution in [0, 0.1) is 13.8 Å². The zero-order chi connectivity index (χ0) is 9.42. The topological polar surface area (TPSA) is 41.8 Å². The third-order valence-electron chi connectivity index (χ3n) is 2.67. The second kappa shape index (κ2) is 2.89. The maximum absolute atomic E-state index is 5.68.